The van der Waals surface area contributed by atoms with E-state index in [0.29, 0.717) is 23.6 Å². The van der Waals surface area contributed by atoms with Gasteiger partial charge in [-0.05, 0) is 31.5 Å². The van der Waals surface area contributed by atoms with Gasteiger partial charge in [0.1, 0.15) is 12.1 Å². The lowest BCUT2D eigenvalue weighted by molar-refractivity contribution is 0.557. The molecule has 0 unspecified atom stereocenters. The van der Waals surface area contributed by atoms with E-state index >= 15 is 0 Å². The van der Waals surface area contributed by atoms with Crippen LogP contribution in [-0.4, -0.2) is 11.5 Å². The Labute approximate surface area is 106 Å². The molecule has 0 bridgehead atoms. The highest BCUT2D eigenvalue weighted by molar-refractivity contribution is 5.55. The monoisotopic (exact) mass is 248 g/mol. The Morgan fingerprint density at radius 1 is 1.39 bits per heavy atom. The number of halogens is 1. The molecule has 0 aliphatic rings. The Kier molecular flexibility index (Phi) is 4.10. The maximum absolute atomic E-state index is 13.9. The molecule has 1 N–H and O–H groups in total. The summed E-state index contributed by atoms with van der Waals surface area (Å²) >= 11 is 0. The van der Waals surface area contributed by atoms with Crippen molar-refractivity contribution in [2.75, 3.05) is 6.54 Å². The zero-order valence-corrected chi connectivity index (χ0v) is 10.7. The molecule has 1 heterocycles. The molecule has 0 atom stereocenters. The molecule has 18 heavy (non-hydrogen) atoms. The van der Waals surface area contributed by atoms with Gasteiger partial charge in [-0.1, -0.05) is 19.1 Å². The van der Waals surface area contributed by atoms with E-state index < -0.39 is 0 Å². The molecule has 2 aromatic rings. The molecule has 0 aliphatic carbocycles. The van der Waals surface area contributed by atoms with Gasteiger partial charge >= 0.3 is 0 Å². The van der Waals surface area contributed by atoms with Crippen molar-refractivity contribution in [3.63, 3.8) is 0 Å². The molecule has 2 rings (SSSR count). The number of nitrogens with zero attached hydrogens (tertiary/aromatic N) is 1. The summed E-state index contributed by atoms with van der Waals surface area (Å²) in [6.07, 6.45) is 2.64. The van der Waals surface area contributed by atoms with E-state index in [4.69, 9.17) is 4.42 Å². The Morgan fingerprint density at radius 2 is 2.22 bits per heavy atom. The zero-order chi connectivity index (χ0) is 13.0. The Hall–Kier alpha value is -1.68. The molecule has 0 aliphatic heterocycles. The lowest BCUT2D eigenvalue weighted by atomic mass is 10.1. The summed E-state index contributed by atoms with van der Waals surface area (Å²) in [5.41, 5.74) is 1.80. The van der Waals surface area contributed by atoms with Crippen LogP contribution >= 0.6 is 0 Å². The molecule has 3 nitrogen and oxygen atoms in total. The number of hydrogen-bond donors (Lipinski definition) is 1. The van der Waals surface area contributed by atoms with Crippen LogP contribution in [0.1, 0.15) is 24.6 Å². The molecule has 0 amide bonds. The van der Waals surface area contributed by atoms with E-state index in [1.54, 1.807) is 31.4 Å². The van der Waals surface area contributed by atoms with E-state index in [2.05, 4.69) is 17.2 Å². The number of oxazole rings is 1. The van der Waals surface area contributed by atoms with Crippen LogP contribution in [-0.2, 0) is 6.54 Å². The third-order valence-corrected chi connectivity index (χ3v) is 2.71. The average molecular weight is 248 g/mol. The molecule has 0 saturated carbocycles. The van der Waals surface area contributed by atoms with Crippen LogP contribution in [0.3, 0.4) is 0 Å². The summed E-state index contributed by atoms with van der Waals surface area (Å²) in [7, 11) is 0. The third-order valence-electron chi connectivity index (χ3n) is 2.71. The highest BCUT2D eigenvalue weighted by Gasteiger charge is 2.12. The van der Waals surface area contributed by atoms with Gasteiger partial charge in [-0.3, -0.25) is 0 Å². The van der Waals surface area contributed by atoms with Crippen LogP contribution in [0.2, 0.25) is 0 Å². The Bertz CT molecular complexity index is 522. The Balaban J connectivity index is 2.16. The van der Waals surface area contributed by atoms with Crippen molar-refractivity contribution in [3.05, 3.63) is 41.5 Å². The topological polar surface area (TPSA) is 38.1 Å². The maximum atomic E-state index is 13.9. The summed E-state index contributed by atoms with van der Waals surface area (Å²) in [5.74, 6) is 0.0666. The molecule has 1 aromatic heterocycles. The van der Waals surface area contributed by atoms with Gasteiger partial charge in [-0.25, -0.2) is 9.37 Å². The molecule has 0 saturated heterocycles. The van der Waals surface area contributed by atoms with Gasteiger partial charge in [0.15, 0.2) is 0 Å². The molecule has 96 valence electrons. The van der Waals surface area contributed by atoms with Crippen LogP contribution in [0.25, 0.3) is 11.5 Å². The van der Waals surface area contributed by atoms with Gasteiger partial charge in [-0.15, -0.1) is 0 Å². The molecule has 1 aromatic carbocycles. The second-order valence-corrected chi connectivity index (χ2v) is 4.26. The second kappa shape index (κ2) is 5.78. The lowest BCUT2D eigenvalue weighted by Gasteiger charge is -2.00. The number of benzene rings is 1. The fourth-order valence-corrected chi connectivity index (χ4v) is 1.72. The third kappa shape index (κ3) is 2.76. The van der Waals surface area contributed by atoms with Crippen molar-refractivity contribution >= 4 is 0 Å². The number of nitrogens with one attached hydrogen (secondary N) is 1. The first-order valence-corrected chi connectivity index (χ1v) is 6.13. The van der Waals surface area contributed by atoms with Crippen molar-refractivity contribution in [2.24, 2.45) is 0 Å². The minimum atomic E-state index is -0.271. The van der Waals surface area contributed by atoms with Crippen LogP contribution in [0.5, 0.6) is 0 Å². The normalized spacial score (nSPS) is 10.8. The van der Waals surface area contributed by atoms with Crippen LogP contribution in [0.15, 0.2) is 28.9 Å². The summed E-state index contributed by atoms with van der Waals surface area (Å²) < 4.78 is 19.2. The summed E-state index contributed by atoms with van der Waals surface area (Å²) in [4.78, 5) is 4.29. The number of aromatic nitrogens is 1. The first kappa shape index (κ1) is 12.8. The minimum absolute atomic E-state index is 0.271. The molecular weight excluding hydrogens is 231 g/mol. The summed E-state index contributed by atoms with van der Waals surface area (Å²) in [6.45, 7) is 5.40. The van der Waals surface area contributed by atoms with E-state index in [0.717, 1.165) is 18.7 Å². The van der Waals surface area contributed by atoms with Crippen molar-refractivity contribution in [1.82, 2.24) is 10.3 Å². The van der Waals surface area contributed by atoms with Crippen LogP contribution < -0.4 is 5.32 Å². The maximum Gasteiger partial charge on any atom is 0.229 e. The quantitative estimate of drug-likeness (QED) is 0.825. The van der Waals surface area contributed by atoms with E-state index in [1.807, 2.05) is 0 Å². The fraction of sp³-hybridized carbons (Fsp3) is 0.357. The predicted molar refractivity (Wildman–Crippen MR) is 68.6 cm³/mol. The van der Waals surface area contributed by atoms with Gasteiger partial charge in [0.25, 0.3) is 0 Å². The first-order valence-electron chi connectivity index (χ1n) is 6.13. The van der Waals surface area contributed by atoms with E-state index in [9.17, 15) is 4.39 Å². The van der Waals surface area contributed by atoms with E-state index in [-0.39, 0.29) is 5.82 Å². The van der Waals surface area contributed by atoms with Crippen LogP contribution in [0, 0.1) is 12.7 Å². The molecule has 0 fully saturated rings. The van der Waals surface area contributed by atoms with Gasteiger partial charge < -0.3 is 9.73 Å². The van der Waals surface area contributed by atoms with Crippen molar-refractivity contribution < 1.29 is 8.81 Å². The van der Waals surface area contributed by atoms with Gasteiger partial charge in [0.2, 0.25) is 5.89 Å². The van der Waals surface area contributed by atoms with Crippen molar-refractivity contribution in [3.8, 4) is 11.5 Å². The lowest BCUT2D eigenvalue weighted by Crippen LogP contribution is -2.13. The van der Waals surface area contributed by atoms with Crippen molar-refractivity contribution in [1.29, 1.82) is 0 Å². The smallest absolute Gasteiger partial charge is 0.229 e. The number of rotatable bonds is 5. The second-order valence-electron chi connectivity index (χ2n) is 4.26. The number of aryl methyl sites for hydroxylation is 1. The summed E-state index contributed by atoms with van der Waals surface area (Å²) in [5, 5.41) is 3.23. The highest BCUT2D eigenvalue weighted by Crippen LogP contribution is 2.23. The standard InChI is InChI=1S/C14H17FN2O/c1-3-7-16-8-11-9-18-14(17-11)12-6-4-5-10(2)13(12)15/h4-6,9,16H,3,7-8H2,1-2H3. The van der Waals surface area contributed by atoms with E-state index in [1.165, 1.54) is 0 Å². The minimum Gasteiger partial charge on any atom is -0.444 e. The summed E-state index contributed by atoms with van der Waals surface area (Å²) in [6, 6.07) is 5.20. The zero-order valence-electron chi connectivity index (χ0n) is 10.7. The molecule has 0 spiro atoms. The fourth-order valence-electron chi connectivity index (χ4n) is 1.72. The SMILES string of the molecule is CCCNCc1coc(-c2cccc(C)c2F)n1. The molecule has 0 radical (unpaired) electrons. The molecule has 4 heteroatoms. The average Bonchev–Trinajstić information content (AvgIpc) is 2.82. The number of hydrogen-bond acceptors (Lipinski definition) is 3. The van der Waals surface area contributed by atoms with Gasteiger partial charge in [0, 0.05) is 6.54 Å². The predicted octanol–water partition coefficient (Wildman–Crippen LogP) is 3.29. The van der Waals surface area contributed by atoms with Gasteiger partial charge in [-0.2, -0.15) is 0 Å². The van der Waals surface area contributed by atoms with Crippen molar-refractivity contribution in [2.45, 2.75) is 26.8 Å². The van der Waals surface area contributed by atoms with Gasteiger partial charge in [0.05, 0.1) is 11.3 Å². The highest BCUT2D eigenvalue weighted by atomic mass is 19.1. The Morgan fingerprint density at radius 3 is 3.00 bits per heavy atom. The first-order chi connectivity index (χ1) is 8.72. The van der Waals surface area contributed by atoms with Crippen LogP contribution in [0.4, 0.5) is 4.39 Å². The largest absolute Gasteiger partial charge is 0.444 e. The molecular formula is C14H17FN2O.